The fourth-order valence-electron chi connectivity index (χ4n) is 2.24. The number of nitrogens with zero attached hydrogens (tertiary/aromatic N) is 4. The fraction of sp³-hybridized carbons (Fsp3) is 0.545. The molecule has 1 aromatic rings. The highest BCUT2D eigenvalue weighted by atomic mass is 16.6. The number of rotatable bonds is 4. The number of aromatic nitrogens is 2. The number of imidazole rings is 1. The largest absolute Gasteiger partial charge is 0.381 e. The number of hydrogen-bond donors (Lipinski definition) is 1. The lowest BCUT2D eigenvalue weighted by molar-refractivity contribution is -0.389. The average molecular weight is 263 g/mol. The second-order valence-electron chi connectivity index (χ2n) is 4.61. The van der Waals surface area contributed by atoms with Crippen LogP contribution in [0.2, 0.25) is 0 Å². The molecular weight excluding hydrogens is 250 g/mol. The molecule has 0 aromatic carbocycles. The van der Waals surface area contributed by atoms with E-state index in [9.17, 15) is 14.9 Å². The van der Waals surface area contributed by atoms with E-state index >= 15 is 0 Å². The monoisotopic (exact) mass is 263 g/mol. The van der Waals surface area contributed by atoms with Gasteiger partial charge in [-0.3, -0.25) is 4.79 Å². The van der Waals surface area contributed by atoms with Crippen LogP contribution in [0.3, 0.4) is 0 Å². The van der Waals surface area contributed by atoms with Gasteiger partial charge in [0.15, 0.2) is 0 Å². The van der Waals surface area contributed by atoms with Crippen molar-refractivity contribution in [1.29, 1.82) is 5.26 Å². The maximum absolute atomic E-state index is 11.8. The molecule has 0 saturated heterocycles. The Morgan fingerprint density at radius 1 is 1.63 bits per heavy atom. The Bertz CT molecular complexity index is 539. The van der Waals surface area contributed by atoms with Gasteiger partial charge in [-0.2, -0.15) is 5.26 Å². The first-order chi connectivity index (χ1) is 9.04. The normalized spacial score (nSPS) is 16.8. The first kappa shape index (κ1) is 13.0. The van der Waals surface area contributed by atoms with E-state index in [-0.39, 0.29) is 18.3 Å². The summed E-state index contributed by atoms with van der Waals surface area (Å²) in [5, 5.41) is 22.3. The number of nitrogens with one attached hydrogen (secondary N) is 1. The number of nitriles is 1. The molecule has 0 unspecified atom stereocenters. The van der Waals surface area contributed by atoms with Crippen LogP contribution in [-0.4, -0.2) is 25.9 Å². The third-order valence-electron chi connectivity index (χ3n) is 3.18. The van der Waals surface area contributed by atoms with Gasteiger partial charge in [-0.05, 0) is 35.6 Å². The number of amides is 1. The first-order valence-electron chi connectivity index (χ1n) is 5.93. The minimum Gasteiger partial charge on any atom is -0.358 e. The van der Waals surface area contributed by atoms with Crippen LogP contribution in [0.15, 0.2) is 12.5 Å². The van der Waals surface area contributed by atoms with Crippen LogP contribution in [0.5, 0.6) is 0 Å². The number of carbonyl (C=O) groups excluding carboxylic acids is 1. The van der Waals surface area contributed by atoms with Crippen LogP contribution in [0.1, 0.15) is 25.7 Å². The Hall–Kier alpha value is -2.43. The summed E-state index contributed by atoms with van der Waals surface area (Å²) in [4.78, 5) is 25.2. The van der Waals surface area contributed by atoms with E-state index in [1.54, 1.807) is 0 Å². The van der Waals surface area contributed by atoms with E-state index in [0.717, 1.165) is 12.8 Å². The number of nitro groups is 1. The third-order valence-corrected chi connectivity index (χ3v) is 3.18. The van der Waals surface area contributed by atoms with Crippen molar-refractivity contribution in [2.24, 2.45) is 0 Å². The van der Waals surface area contributed by atoms with E-state index in [1.807, 2.05) is 0 Å². The van der Waals surface area contributed by atoms with Gasteiger partial charge in [0.25, 0.3) is 0 Å². The first-order valence-corrected chi connectivity index (χ1v) is 5.93. The molecule has 1 aliphatic rings. The second-order valence-corrected chi connectivity index (χ2v) is 4.61. The molecule has 2 rings (SSSR count). The molecule has 8 nitrogen and oxygen atoms in total. The highest BCUT2D eigenvalue weighted by Gasteiger charge is 2.35. The van der Waals surface area contributed by atoms with Crippen molar-refractivity contribution in [1.82, 2.24) is 14.9 Å². The van der Waals surface area contributed by atoms with Gasteiger partial charge in [0.05, 0.1) is 6.07 Å². The predicted octanol–water partition coefficient (Wildman–Crippen LogP) is 0.744. The highest BCUT2D eigenvalue weighted by Crippen LogP contribution is 2.28. The van der Waals surface area contributed by atoms with Crippen molar-refractivity contribution in [3.63, 3.8) is 0 Å². The van der Waals surface area contributed by atoms with Crippen LogP contribution in [-0.2, 0) is 11.3 Å². The van der Waals surface area contributed by atoms with Crippen LogP contribution in [0.25, 0.3) is 0 Å². The molecule has 0 bridgehead atoms. The van der Waals surface area contributed by atoms with Crippen LogP contribution < -0.4 is 5.32 Å². The molecular formula is C11H13N5O3. The molecule has 1 saturated carbocycles. The van der Waals surface area contributed by atoms with Crippen LogP contribution in [0, 0.1) is 21.4 Å². The summed E-state index contributed by atoms with van der Waals surface area (Å²) < 4.78 is 1.33. The van der Waals surface area contributed by atoms with Gasteiger partial charge in [-0.1, -0.05) is 0 Å². The Balaban J connectivity index is 1.97. The summed E-state index contributed by atoms with van der Waals surface area (Å²) in [6.45, 7) is -0.0791. The molecule has 1 heterocycles. The lowest BCUT2D eigenvalue weighted by Gasteiger charge is -2.21. The fourth-order valence-corrected chi connectivity index (χ4v) is 2.24. The predicted molar refractivity (Wildman–Crippen MR) is 63.8 cm³/mol. The van der Waals surface area contributed by atoms with Crippen molar-refractivity contribution in [3.8, 4) is 6.07 Å². The van der Waals surface area contributed by atoms with Gasteiger partial charge in [0.1, 0.15) is 18.3 Å². The maximum atomic E-state index is 11.8. The lowest BCUT2D eigenvalue weighted by Crippen LogP contribution is -2.46. The minimum absolute atomic E-state index is 0.0791. The van der Waals surface area contributed by atoms with E-state index < -0.39 is 10.5 Å². The second kappa shape index (κ2) is 5.06. The van der Waals surface area contributed by atoms with Gasteiger partial charge in [-0.15, -0.1) is 0 Å². The Morgan fingerprint density at radius 3 is 2.84 bits per heavy atom. The van der Waals surface area contributed by atoms with E-state index in [4.69, 9.17) is 5.26 Å². The van der Waals surface area contributed by atoms with Gasteiger partial charge in [0.2, 0.25) is 12.2 Å². The lowest BCUT2D eigenvalue weighted by atomic mass is 10.00. The molecule has 0 aliphatic heterocycles. The minimum atomic E-state index is -0.774. The Labute approximate surface area is 109 Å². The zero-order valence-electron chi connectivity index (χ0n) is 10.2. The molecule has 0 radical (unpaired) electrons. The van der Waals surface area contributed by atoms with E-state index in [2.05, 4.69) is 16.4 Å². The highest BCUT2D eigenvalue weighted by molar-refractivity contribution is 5.77. The van der Waals surface area contributed by atoms with Crippen LogP contribution >= 0.6 is 0 Å². The zero-order chi connectivity index (χ0) is 13.9. The van der Waals surface area contributed by atoms with Crippen molar-refractivity contribution in [3.05, 3.63) is 22.6 Å². The average Bonchev–Trinajstić information content (AvgIpc) is 2.99. The topological polar surface area (TPSA) is 114 Å². The maximum Gasteiger partial charge on any atom is 0.381 e. The molecule has 1 aromatic heterocycles. The van der Waals surface area contributed by atoms with Crippen molar-refractivity contribution in [2.75, 3.05) is 0 Å². The van der Waals surface area contributed by atoms with E-state index in [1.165, 1.54) is 17.1 Å². The molecule has 1 fully saturated rings. The molecule has 0 atom stereocenters. The number of carbonyl (C=O) groups is 1. The van der Waals surface area contributed by atoms with Crippen molar-refractivity contribution < 1.29 is 9.72 Å². The van der Waals surface area contributed by atoms with Crippen LogP contribution in [0.4, 0.5) is 5.82 Å². The Kier molecular flexibility index (Phi) is 3.46. The van der Waals surface area contributed by atoms with Crippen molar-refractivity contribution in [2.45, 2.75) is 37.8 Å². The molecule has 100 valence electrons. The molecule has 1 N–H and O–H groups in total. The summed E-state index contributed by atoms with van der Waals surface area (Å²) in [5.41, 5.74) is -0.774. The molecule has 19 heavy (non-hydrogen) atoms. The summed E-state index contributed by atoms with van der Waals surface area (Å²) >= 11 is 0. The van der Waals surface area contributed by atoms with Gasteiger partial charge >= 0.3 is 5.82 Å². The Morgan fingerprint density at radius 2 is 2.32 bits per heavy atom. The number of hydrogen-bond acceptors (Lipinski definition) is 5. The molecule has 1 aliphatic carbocycles. The third kappa shape index (κ3) is 2.88. The summed E-state index contributed by atoms with van der Waals surface area (Å²) in [6.07, 6.45) is 5.56. The van der Waals surface area contributed by atoms with Gasteiger partial charge < -0.3 is 20.0 Å². The zero-order valence-corrected chi connectivity index (χ0v) is 10.2. The van der Waals surface area contributed by atoms with Gasteiger partial charge in [0, 0.05) is 0 Å². The summed E-state index contributed by atoms with van der Waals surface area (Å²) in [6, 6.07) is 2.15. The van der Waals surface area contributed by atoms with Gasteiger partial charge in [-0.25, -0.2) is 0 Å². The summed E-state index contributed by atoms with van der Waals surface area (Å²) in [7, 11) is 0. The van der Waals surface area contributed by atoms with E-state index in [0.29, 0.717) is 12.8 Å². The molecule has 0 spiro atoms. The smallest absolute Gasteiger partial charge is 0.358 e. The standard InChI is InChI=1S/C11H13N5O3/c12-7-11(3-1-2-4-11)14-10(17)6-15-5-9(13-8-15)16(18)19/h5,8H,1-4,6H2,(H,14,17). The quantitative estimate of drug-likeness (QED) is 0.635. The summed E-state index contributed by atoms with van der Waals surface area (Å²) in [5.74, 6) is -0.639. The SMILES string of the molecule is N#CC1(NC(=O)Cn2cnc([N+](=O)[O-])c2)CCCC1. The molecule has 1 amide bonds. The molecule has 8 heteroatoms. The van der Waals surface area contributed by atoms with Crippen molar-refractivity contribution >= 4 is 11.7 Å².